The van der Waals surface area contributed by atoms with Crippen molar-refractivity contribution in [3.8, 4) is 0 Å². The second-order valence-corrected chi connectivity index (χ2v) is 5.03. The van der Waals surface area contributed by atoms with Crippen LogP contribution in [-0.4, -0.2) is 17.6 Å². The van der Waals surface area contributed by atoms with E-state index in [2.05, 4.69) is 60.8 Å². The van der Waals surface area contributed by atoms with Crippen LogP contribution in [0.1, 0.15) is 12.5 Å². The molecule has 2 heteroatoms. The van der Waals surface area contributed by atoms with Gasteiger partial charge in [0.05, 0.1) is 0 Å². The molecule has 0 spiro atoms. The number of hydrogen-bond donors (Lipinski definition) is 2. The summed E-state index contributed by atoms with van der Waals surface area (Å²) in [5.41, 5.74) is 3.72. The Morgan fingerprint density at radius 3 is 2.90 bits per heavy atom. The van der Waals surface area contributed by atoms with Gasteiger partial charge in [0.1, 0.15) is 0 Å². The molecule has 0 aliphatic rings. The number of allylic oxidation sites excluding steroid dienone is 2. The maximum absolute atomic E-state index is 3.81. The Morgan fingerprint density at radius 1 is 1.35 bits per heavy atom. The van der Waals surface area contributed by atoms with Crippen LogP contribution in [0.3, 0.4) is 0 Å². The van der Waals surface area contributed by atoms with Crippen LogP contribution in [-0.2, 0) is 6.42 Å². The van der Waals surface area contributed by atoms with Crippen molar-refractivity contribution in [2.45, 2.75) is 19.4 Å². The Bertz CT molecular complexity index is 619. The highest BCUT2D eigenvalue weighted by Gasteiger charge is 2.07. The van der Waals surface area contributed by atoms with Crippen LogP contribution in [0, 0.1) is 0 Å². The van der Waals surface area contributed by atoms with Gasteiger partial charge in [0.15, 0.2) is 0 Å². The number of hydrogen-bond acceptors (Lipinski definition) is 1. The van der Waals surface area contributed by atoms with Gasteiger partial charge in [-0.2, -0.15) is 0 Å². The first-order chi connectivity index (χ1) is 9.74. The largest absolute Gasteiger partial charge is 0.361 e. The van der Waals surface area contributed by atoms with Crippen molar-refractivity contribution in [3.63, 3.8) is 0 Å². The zero-order chi connectivity index (χ0) is 14.4. The highest BCUT2D eigenvalue weighted by atomic mass is 14.9. The number of aromatic nitrogens is 1. The van der Waals surface area contributed by atoms with Crippen molar-refractivity contribution < 1.29 is 0 Å². The summed E-state index contributed by atoms with van der Waals surface area (Å²) in [6, 6.07) is 8.82. The van der Waals surface area contributed by atoms with E-state index in [9.17, 15) is 0 Å². The van der Waals surface area contributed by atoms with Gasteiger partial charge >= 0.3 is 0 Å². The lowest BCUT2D eigenvalue weighted by Gasteiger charge is -2.13. The third-order valence-corrected chi connectivity index (χ3v) is 3.45. The lowest BCUT2D eigenvalue weighted by Crippen LogP contribution is -2.29. The van der Waals surface area contributed by atoms with E-state index in [1.54, 1.807) is 6.08 Å². The molecule has 0 unspecified atom stereocenters. The number of H-pyrrole nitrogens is 1. The molecule has 0 saturated heterocycles. The Labute approximate surface area is 120 Å². The quantitative estimate of drug-likeness (QED) is 0.729. The summed E-state index contributed by atoms with van der Waals surface area (Å²) in [4.78, 5) is 3.32. The second-order valence-electron chi connectivity index (χ2n) is 5.03. The minimum absolute atomic E-state index is 0.405. The molecule has 1 heterocycles. The summed E-state index contributed by atoms with van der Waals surface area (Å²) in [7, 11) is 0. The van der Waals surface area contributed by atoms with Crippen molar-refractivity contribution in [1.82, 2.24) is 10.3 Å². The Hall–Kier alpha value is -2.06. The number of para-hydroxylation sites is 1. The van der Waals surface area contributed by atoms with Crippen LogP contribution in [0.15, 0.2) is 67.4 Å². The SMILES string of the molecule is C=C/C=C(\C=C)CN[C@H](C)Cc1c[nH]c2ccccc12. The average Bonchev–Trinajstić information content (AvgIpc) is 2.87. The van der Waals surface area contributed by atoms with E-state index in [1.165, 1.54) is 16.5 Å². The Balaban J connectivity index is 1.98. The smallest absolute Gasteiger partial charge is 0.0456 e. The van der Waals surface area contributed by atoms with Crippen LogP contribution in [0.5, 0.6) is 0 Å². The summed E-state index contributed by atoms with van der Waals surface area (Å²) in [6.45, 7) is 10.6. The van der Waals surface area contributed by atoms with Gasteiger partial charge in [-0.3, -0.25) is 0 Å². The lowest BCUT2D eigenvalue weighted by molar-refractivity contribution is 0.577. The van der Waals surface area contributed by atoms with E-state index in [-0.39, 0.29) is 0 Å². The van der Waals surface area contributed by atoms with Gasteiger partial charge in [0.25, 0.3) is 0 Å². The van der Waals surface area contributed by atoms with Gasteiger partial charge in [-0.15, -0.1) is 0 Å². The molecule has 0 aliphatic carbocycles. The normalized spacial score (nSPS) is 13.3. The molecular formula is C18H22N2. The first-order valence-electron chi connectivity index (χ1n) is 6.97. The van der Waals surface area contributed by atoms with E-state index in [0.29, 0.717) is 6.04 Å². The fraction of sp³-hybridized carbons (Fsp3) is 0.222. The van der Waals surface area contributed by atoms with Crippen LogP contribution in [0.2, 0.25) is 0 Å². The van der Waals surface area contributed by atoms with Gasteiger partial charge in [0.2, 0.25) is 0 Å². The Morgan fingerprint density at radius 2 is 2.15 bits per heavy atom. The molecule has 2 aromatic rings. The van der Waals surface area contributed by atoms with Gasteiger partial charge in [0, 0.05) is 29.7 Å². The molecule has 0 aliphatic heterocycles. The average molecular weight is 266 g/mol. The van der Waals surface area contributed by atoms with Crippen molar-refractivity contribution in [2.75, 3.05) is 6.54 Å². The van der Waals surface area contributed by atoms with Gasteiger partial charge < -0.3 is 10.3 Å². The standard InChI is InChI=1S/C18H22N2/c1-4-8-15(5-2)12-19-14(3)11-16-13-20-18-10-7-6-9-17(16)18/h4-10,13-14,19-20H,1-2,11-12H2,3H3/b15-8+/t14-/m1/s1. The van der Waals surface area contributed by atoms with Crippen molar-refractivity contribution in [3.05, 3.63) is 73.0 Å². The summed E-state index contributed by atoms with van der Waals surface area (Å²) in [6.07, 6.45) is 8.76. The topological polar surface area (TPSA) is 27.8 Å². The molecule has 0 saturated carbocycles. The monoisotopic (exact) mass is 266 g/mol. The van der Waals surface area contributed by atoms with Gasteiger partial charge in [-0.1, -0.05) is 49.6 Å². The van der Waals surface area contributed by atoms with Gasteiger partial charge in [-0.05, 0) is 30.5 Å². The predicted octanol–water partition coefficient (Wildman–Crippen LogP) is 3.99. The van der Waals surface area contributed by atoms with E-state index in [0.717, 1.165) is 18.5 Å². The summed E-state index contributed by atoms with van der Waals surface area (Å²) in [5.74, 6) is 0. The van der Waals surface area contributed by atoms with E-state index >= 15 is 0 Å². The molecule has 2 rings (SSSR count). The van der Waals surface area contributed by atoms with Crippen LogP contribution in [0.4, 0.5) is 0 Å². The molecular weight excluding hydrogens is 244 g/mol. The molecule has 0 radical (unpaired) electrons. The molecule has 1 aromatic heterocycles. The fourth-order valence-corrected chi connectivity index (χ4v) is 2.35. The first kappa shape index (κ1) is 14.4. The Kier molecular flexibility index (Phi) is 4.97. The van der Waals surface area contributed by atoms with Crippen molar-refractivity contribution in [1.29, 1.82) is 0 Å². The molecule has 2 nitrogen and oxygen atoms in total. The number of rotatable bonds is 7. The fourth-order valence-electron chi connectivity index (χ4n) is 2.35. The number of aromatic amines is 1. The van der Waals surface area contributed by atoms with E-state index in [4.69, 9.17) is 0 Å². The summed E-state index contributed by atoms with van der Waals surface area (Å²) in [5, 5.41) is 4.83. The van der Waals surface area contributed by atoms with Crippen LogP contribution >= 0.6 is 0 Å². The number of fused-ring (bicyclic) bond motifs is 1. The zero-order valence-electron chi connectivity index (χ0n) is 12.0. The highest BCUT2D eigenvalue weighted by molar-refractivity contribution is 5.83. The van der Waals surface area contributed by atoms with E-state index < -0.39 is 0 Å². The second kappa shape index (κ2) is 6.92. The maximum atomic E-state index is 3.81. The minimum atomic E-state index is 0.405. The van der Waals surface area contributed by atoms with Gasteiger partial charge in [-0.25, -0.2) is 0 Å². The maximum Gasteiger partial charge on any atom is 0.0456 e. The molecule has 1 aromatic carbocycles. The molecule has 0 bridgehead atoms. The third kappa shape index (κ3) is 3.49. The summed E-state index contributed by atoms with van der Waals surface area (Å²) < 4.78 is 0. The van der Waals surface area contributed by atoms with Crippen molar-refractivity contribution in [2.24, 2.45) is 0 Å². The highest BCUT2D eigenvalue weighted by Crippen LogP contribution is 2.18. The molecule has 2 N–H and O–H groups in total. The molecule has 0 fully saturated rings. The van der Waals surface area contributed by atoms with Crippen LogP contribution < -0.4 is 5.32 Å². The van der Waals surface area contributed by atoms with Crippen molar-refractivity contribution >= 4 is 10.9 Å². The van der Waals surface area contributed by atoms with Crippen LogP contribution in [0.25, 0.3) is 10.9 Å². The molecule has 0 amide bonds. The molecule has 20 heavy (non-hydrogen) atoms. The molecule has 1 atom stereocenters. The first-order valence-corrected chi connectivity index (χ1v) is 6.97. The number of nitrogens with one attached hydrogen (secondary N) is 2. The zero-order valence-corrected chi connectivity index (χ0v) is 12.0. The number of benzene rings is 1. The molecule has 104 valence electrons. The lowest BCUT2D eigenvalue weighted by atomic mass is 10.1. The van der Waals surface area contributed by atoms with E-state index in [1.807, 2.05) is 12.2 Å². The predicted molar refractivity (Wildman–Crippen MR) is 87.9 cm³/mol. The summed E-state index contributed by atoms with van der Waals surface area (Å²) >= 11 is 0. The minimum Gasteiger partial charge on any atom is -0.361 e. The third-order valence-electron chi connectivity index (χ3n) is 3.45.